The van der Waals surface area contributed by atoms with Crippen molar-refractivity contribution < 1.29 is 28.5 Å². The minimum atomic E-state index is -0.895. The number of methoxy groups -OCH3 is 1. The molecule has 198 valence electrons. The number of carbonyl (C=O) groups excluding carboxylic acids is 2. The summed E-state index contributed by atoms with van der Waals surface area (Å²) in [7, 11) is 1.51. The number of pyridine rings is 1. The molecular weight excluding hydrogens is 500 g/mol. The van der Waals surface area contributed by atoms with Gasteiger partial charge in [0.1, 0.15) is 12.0 Å². The van der Waals surface area contributed by atoms with Crippen LogP contribution in [0.2, 0.25) is 0 Å². The van der Waals surface area contributed by atoms with E-state index >= 15 is 0 Å². The summed E-state index contributed by atoms with van der Waals surface area (Å²) in [4.78, 5) is 34.8. The average Bonchev–Trinajstić information content (AvgIpc) is 3.43. The molecule has 0 radical (unpaired) electrons. The van der Waals surface area contributed by atoms with Crippen LogP contribution in [-0.2, 0) is 16.0 Å². The highest BCUT2D eigenvalue weighted by molar-refractivity contribution is 6.09. The lowest BCUT2D eigenvalue weighted by atomic mass is 9.85. The molecule has 5 rings (SSSR count). The van der Waals surface area contributed by atoms with Crippen molar-refractivity contribution in [3.8, 4) is 23.4 Å². The smallest absolute Gasteiger partial charge is 0.341 e. The zero-order valence-electron chi connectivity index (χ0n) is 21.4. The van der Waals surface area contributed by atoms with Gasteiger partial charge in [-0.25, -0.2) is 14.8 Å². The Bertz CT molecular complexity index is 1460. The lowest BCUT2D eigenvalue weighted by Gasteiger charge is -2.31. The van der Waals surface area contributed by atoms with E-state index in [2.05, 4.69) is 21.4 Å². The maximum Gasteiger partial charge on any atom is 0.341 e. The van der Waals surface area contributed by atoms with Crippen molar-refractivity contribution in [3.63, 3.8) is 0 Å². The molecule has 2 aliphatic rings. The third-order valence-corrected chi connectivity index (χ3v) is 6.68. The van der Waals surface area contributed by atoms with Gasteiger partial charge in [-0.3, -0.25) is 4.79 Å². The second-order valence-corrected chi connectivity index (χ2v) is 9.15. The predicted molar refractivity (Wildman–Crippen MR) is 140 cm³/mol. The highest BCUT2D eigenvalue weighted by atomic mass is 16.7. The fraction of sp³-hybridized carbons (Fsp3) is 0.276. The second-order valence-electron chi connectivity index (χ2n) is 9.15. The second kappa shape index (κ2) is 11.2. The Labute approximate surface area is 225 Å². The third kappa shape index (κ3) is 5.67. The molecule has 3 heterocycles. The molecule has 1 aromatic heterocycles. The van der Waals surface area contributed by atoms with E-state index < -0.39 is 30.1 Å². The maximum atomic E-state index is 13.7. The number of hydrogen-bond donors (Lipinski definition) is 1. The summed E-state index contributed by atoms with van der Waals surface area (Å²) in [6.45, 7) is 1.91. The van der Waals surface area contributed by atoms with E-state index in [1.807, 2.05) is 18.2 Å². The number of fused-ring (bicyclic) bond motifs is 1. The molecule has 3 aromatic rings. The van der Waals surface area contributed by atoms with Crippen LogP contribution in [0.4, 0.5) is 4.79 Å². The number of carbonyl (C=O) groups is 2. The van der Waals surface area contributed by atoms with Gasteiger partial charge in [-0.05, 0) is 60.7 Å². The van der Waals surface area contributed by atoms with Crippen LogP contribution in [0.1, 0.15) is 47.7 Å². The number of aryl methyl sites for hydroxylation is 1. The average molecular weight is 527 g/mol. The molecule has 3 atom stereocenters. The SMILES string of the molecule is COc1ccc(C2NC(=O)N=C(CCc3ccc4c(c3)OCO4)C2C(=O)OC(C)c2cccc(C#N)c2)cn1. The Morgan fingerprint density at radius 2 is 2.00 bits per heavy atom. The van der Waals surface area contributed by atoms with Crippen molar-refractivity contribution >= 4 is 17.7 Å². The molecule has 10 nitrogen and oxygen atoms in total. The zero-order valence-corrected chi connectivity index (χ0v) is 21.4. The fourth-order valence-corrected chi connectivity index (χ4v) is 4.64. The molecule has 39 heavy (non-hydrogen) atoms. The molecule has 1 N–H and O–H groups in total. The number of amides is 2. The number of nitrogens with one attached hydrogen (secondary N) is 1. The molecule has 0 aliphatic carbocycles. The highest BCUT2D eigenvalue weighted by Gasteiger charge is 2.40. The van der Waals surface area contributed by atoms with E-state index in [4.69, 9.17) is 18.9 Å². The number of aliphatic imine (C=N–C) groups is 1. The van der Waals surface area contributed by atoms with E-state index in [-0.39, 0.29) is 6.79 Å². The quantitative estimate of drug-likeness (QED) is 0.426. The Hall–Kier alpha value is -4.91. The number of aromatic nitrogens is 1. The fourth-order valence-electron chi connectivity index (χ4n) is 4.64. The molecule has 0 spiro atoms. The molecule has 10 heteroatoms. The Morgan fingerprint density at radius 3 is 2.77 bits per heavy atom. The topological polar surface area (TPSA) is 132 Å². The molecule has 0 saturated heterocycles. The summed E-state index contributed by atoms with van der Waals surface area (Å²) >= 11 is 0. The van der Waals surface area contributed by atoms with Crippen molar-refractivity contribution in [1.82, 2.24) is 10.3 Å². The first kappa shape index (κ1) is 25.7. The van der Waals surface area contributed by atoms with Gasteiger partial charge in [-0.2, -0.15) is 5.26 Å². The molecule has 3 unspecified atom stereocenters. The number of hydrogen-bond acceptors (Lipinski definition) is 8. The number of urea groups is 1. The van der Waals surface area contributed by atoms with Gasteiger partial charge in [0.15, 0.2) is 11.5 Å². The van der Waals surface area contributed by atoms with Gasteiger partial charge < -0.3 is 24.3 Å². The summed E-state index contributed by atoms with van der Waals surface area (Å²) in [5.41, 5.74) is 3.11. The molecule has 2 aliphatic heterocycles. The lowest BCUT2D eigenvalue weighted by Crippen LogP contribution is -2.45. The first-order valence-corrected chi connectivity index (χ1v) is 12.4. The molecule has 0 fully saturated rings. The van der Waals surface area contributed by atoms with E-state index in [1.165, 1.54) is 7.11 Å². The summed E-state index contributed by atoms with van der Waals surface area (Å²) in [5.74, 6) is 0.296. The molecule has 2 aromatic carbocycles. The summed E-state index contributed by atoms with van der Waals surface area (Å²) < 4.78 is 21.9. The number of rotatable bonds is 8. The van der Waals surface area contributed by atoms with E-state index in [0.29, 0.717) is 52.6 Å². The van der Waals surface area contributed by atoms with Crippen LogP contribution < -0.4 is 19.5 Å². The van der Waals surface area contributed by atoms with Crippen LogP contribution in [0.25, 0.3) is 0 Å². The minimum Gasteiger partial charge on any atom is -0.481 e. The van der Waals surface area contributed by atoms with Gasteiger partial charge in [-0.15, -0.1) is 0 Å². The summed E-state index contributed by atoms with van der Waals surface area (Å²) in [5, 5.41) is 12.1. The zero-order chi connectivity index (χ0) is 27.4. The normalized spacial score (nSPS) is 18.4. The number of nitrogens with zero attached hydrogens (tertiary/aromatic N) is 3. The Balaban J connectivity index is 1.42. The monoisotopic (exact) mass is 526 g/mol. The standard InChI is InChI=1S/C29H26N4O6/c1-17(20-5-3-4-19(12-20)14-30)39-28(34)26-22(9-6-18-7-10-23-24(13-18)38-16-37-23)32-29(35)33-27(26)21-8-11-25(36-2)31-15-21/h3-5,7-8,10-13,15,17,26-27H,6,9,16H2,1-2H3,(H,33,35). The van der Waals surface area contributed by atoms with Gasteiger partial charge in [0.25, 0.3) is 0 Å². The van der Waals surface area contributed by atoms with Gasteiger partial charge in [0.2, 0.25) is 12.7 Å². The number of benzene rings is 2. The highest BCUT2D eigenvalue weighted by Crippen LogP contribution is 2.35. The maximum absolute atomic E-state index is 13.7. The van der Waals surface area contributed by atoms with Crippen molar-refractivity contribution in [2.45, 2.75) is 31.9 Å². The predicted octanol–water partition coefficient (Wildman–Crippen LogP) is 4.45. The van der Waals surface area contributed by atoms with E-state index in [1.54, 1.807) is 49.5 Å². The summed E-state index contributed by atoms with van der Waals surface area (Å²) in [6.07, 6.45) is 1.78. The largest absolute Gasteiger partial charge is 0.481 e. The van der Waals surface area contributed by atoms with Crippen LogP contribution in [0.5, 0.6) is 17.4 Å². The van der Waals surface area contributed by atoms with Crippen LogP contribution in [-0.4, -0.2) is 36.6 Å². The van der Waals surface area contributed by atoms with Crippen LogP contribution in [0, 0.1) is 17.2 Å². The Morgan fingerprint density at radius 1 is 1.15 bits per heavy atom. The van der Waals surface area contributed by atoms with Crippen LogP contribution in [0.3, 0.4) is 0 Å². The minimum absolute atomic E-state index is 0.173. The van der Waals surface area contributed by atoms with E-state index in [9.17, 15) is 14.9 Å². The number of esters is 1. The number of ether oxygens (including phenoxy) is 4. The van der Waals surface area contributed by atoms with Crippen molar-refractivity contribution in [2.24, 2.45) is 10.9 Å². The van der Waals surface area contributed by atoms with Gasteiger partial charge in [0.05, 0.1) is 24.8 Å². The Kier molecular flexibility index (Phi) is 7.41. The first-order valence-electron chi connectivity index (χ1n) is 12.4. The molecule has 2 amide bonds. The molecule has 0 saturated carbocycles. The lowest BCUT2D eigenvalue weighted by molar-refractivity contribution is -0.152. The molecule has 0 bridgehead atoms. The third-order valence-electron chi connectivity index (χ3n) is 6.68. The van der Waals surface area contributed by atoms with Gasteiger partial charge in [0, 0.05) is 18.0 Å². The van der Waals surface area contributed by atoms with Crippen molar-refractivity contribution in [3.05, 3.63) is 83.0 Å². The van der Waals surface area contributed by atoms with Gasteiger partial charge >= 0.3 is 12.0 Å². The van der Waals surface area contributed by atoms with Gasteiger partial charge in [-0.1, -0.05) is 24.3 Å². The van der Waals surface area contributed by atoms with Crippen molar-refractivity contribution in [2.75, 3.05) is 13.9 Å². The van der Waals surface area contributed by atoms with Crippen molar-refractivity contribution in [1.29, 1.82) is 5.26 Å². The first-order chi connectivity index (χ1) is 18.9. The molecular formula is C29H26N4O6. The van der Waals surface area contributed by atoms with Crippen LogP contribution >= 0.6 is 0 Å². The number of nitriles is 1. The van der Waals surface area contributed by atoms with Crippen LogP contribution in [0.15, 0.2) is 65.8 Å². The summed E-state index contributed by atoms with van der Waals surface area (Å²) in [6, 6.07) is 16.7. The van der Waals surface area contributed by atoms with E-state index in [0.717, 1.165) is 5.56 Å².